The van der Waals surface area contributed by atoms with Gasteiger partial charge in [-0.2, -0.15) is 0 Å². The molecule has 9 heavy (non-hydrogen) atoms. The maximum absolute atomic E-state index is 10.7. The lowest BCUT2D eigenvalue weighted by Crippen LogP contribution is -1.94. The van der Waals surface area contributed by atoms with E-state index in [1.807, 2.05) is 6.92 Å². The molecule has 0 aromatic heterocycles. The Bertz CT molecular complexity index is 179. The Morgan fingerprint density at radius 2 is 2.22 bits per heavy atom. The van der Waals surface area contributed by atoms with Crippen LogP contribution in [0.25, 0.3) is 0 Å². The minimum Gasteiger partial charge on any atom is -0.504 e. The van der Waals surface area contributed by atoms with Gasteiger partial charge in [0.1, 0.15) is 0 Å². The maximum Gasteiger partial charge on any atom is 0.197 e. The third-order valence-electron chi connectivity index (χ3n) is 1.87. The van der Waals surface area contributed by atoms with Crippen molar-refractivity contribution in [3.8, 4) is 0 Å². The van der Waals surface area contributed by atoms with Crippen molar-refractivity contribution < 1.29 is 9.90 Å². The highest BCUT2D eigenvalue weighted by atomic mass is 16.3. The summed E-state index contributed by atoms with van der Waals surface area (Å²) in [5, 5.41) is 8.97. The van der Waals surface area contributed by atoms with Gasteiger partial charge in [0.25, 0.3) is 0 Å². The Kier molecular flexibility index (Phi) is 1.31. The van der Waals surface area contributed by atoms with Gasteiger partial charge in [0, 0.05) is 6.42 Å². The molecule has 1 atom stereocenters. The molecule has 0 saturated heterocycles. The minimum absolute atomic E-state index is 0.0116. The van der Waals surface area contributed by atoms with E-state index in [-0.39, 0.29) is 17.5 Å². The molecule has 0 saturated carbocycles. The fourth-order valence-electron chi connectivity index (χ4n) is 0.981. The van der Waals surface area contributed by atoms with Crippen LogP contribution < -0.4 is 0 Å². The second-order valence-electron chi connectivity index (χ2n) is 2.56. The van der Waals surface area contributed by atoms with E-state index in [4.69, 9.17) is 5.11 Å². The number of carbonyl (C=O) groups excluding carboxylic acids is 1. The second kappa shape index (κ2) is 1.87. The number of aliphatic hydroxyl groups excluding tert-OH is 1. The molecule has 0 aromatic rings. The molecule has 0 aromatic carbocycles. The highest BCUT2D eigenvalue weighted by molar-refractivity contribution is 5.96. The van der Waals surface area contributed by atoms with Crippen molar-refractivity contribution in [3.05, 3.63) is 11.3 Å². The largest absolute Gasteiger partial charge is 0.504 e. The summed E-state index contributed by atoms with van der Waals surface area (Å²) >= 11 is 0. The molecule has 50 valence electrons. The molecule has 0 radical (unpaired) electrons. The third-order valence-corrected chi connectivity index (χ3v) is 1.87. The summed E-state index contributed by atoms with van der Waals surface area (Å²) < 4.78 is 0. The van der Waals surface area contributed by atoms with Crippen LogP contribution in [-0.4, -0.2) is 10.9 Å². The number of aliphatic hydroxyl groups is 1. The van der Waals surface area contributed by atoms with Gasteiger partial charge in [-0.3, -0.25) is 4.79 Å². The van der Waals surface area contributed by atoms with Crippen LogP contribution in [0, 0.1) is 5.92 Å². The number of Topliss-reactive ketones (excluding diaryl/α,β-unsaturated/α-hetero) is 1. The lowest BCUT2D eigenvalue weighted by molar-refractivity contribution is -0.117. The first-order chi connectivity index (χ1) is 4.13. The zero-order chi connectivity index (χ0) is 7.02. The lowest BCUT2D eigenvalue weighted by Gasteiger charge is -1.97. The highest BCUT2D eigenvalue weighted by Gasteiger charge is 2.25. The standard InChI is InChI=1S/C7H10O2/c1-4-3-6(8)7(9)5(4)2/h4,9H,3H2,1-2H3. The van der Waals surface area contributed by atoms with Gasteiger partial charge < -0.3 is 5.11 Å². The summed E-state index contributed by atoms with van der Waals surface area (Å²) in [6, 6.07) is 0. The van der Waals surface area contributed by atoms with E-state index in [9.17, 15) is 4.79 Å². The van der Waals surface area contributed by atoms with E-state index in [0.29, 0.717) is 6.42 Å². The Morgan fingerprint density at radius 3 is 2.33 bits per heavy atom. The summed E-state index contributed by atoms with van der Waals surface area (Å²) in [4.78, 5) is 10.7. The van der Waals surface area contributed by atoms with Crippen LogP contribution in [-0.2, 0) is 4.79 Å². The molecule has 0 aliphatic heterocycles. The second-order valence-corrected chi connectivity index (χ2v) is 2.56. The number of rotatable bonds is 0. The van der Waals surface area contributed by atoms with Gasteiger partial charge in [0.15, 0.2) is 11.5 Å². The minimum atomic E-state index is -0.111. The fraction of sp³-hybridized carbons (Fsp3) is 0.571. The van der Waals surface area contributed by atoms with Crippen molar-refractivity contribution >= 4 is 5.78 Å². The summed E-state index contributed by atoms with van der Waals surface area (Å²) in [6.45, 7) is 3.74. The average Bonchev–Trinajstić information content (AvgIpc) is 1.98. The van der Waals surface area contributed by atoms with Crippen LogP contribution in [0.2, 0.25) is 0 Å². The van der Waals surface area contributed by atoms with Crippen molar-refractivity contribution in [3.63, 3.8) is 0 Å². The first kappa shape index (κ1) is 6.33. The molecule has 1 aliphatic carbocycles. The molecule has 2 nitrogen and oxygen atoms in total. The van der Waals surface area contributed by atoms with Gasteiger partial charge in [0.2, 0.25) is 0 Å². The van der Waals surface area contributed by atoms with Gasteiger partial charge in [-0.25, -0.2) is 0 Å². The molecule has 1 unspecified atom stereocenters. The fourth-order valence-corrected chi connectivity index (χ4v) is 0.981. The molecule has 0 amide bonds. The molecular formula is C7H10O2. The Balaban J connectivity index is 2.92. The molecule has 0 fully saturated rings. The van der Waals surface area contributed by atoms with Crippen LogP contribution >= 0.6 is 0 Å². The number of allylic oxidation sites excluding steroid dienone is 2. The van der Waals surface area contributed by atoms with Gasteiger partial charge in [0.05, 0.1) is 0 Å². The van der Waals surface area contributed by atoms with Gasteiger partial charge in [-0.1, -0.05) is 6.92 Å². The van der Waals surface area contributed by atoms with Crippen LogP contribution in [0.5, 0.6) is 0 Å². The molecule has 2 heteroatoms. The Labute approximate surface area is 54.2 Å². The summed E-state index contributed by atoms with van der Waals surface area (Å²) in [5.41, 5.74) is 0.833. The topological polar surface area (TPSA) is 37.3 Å². The van der Waals surface area contributed by atoms with E-state index in [0.717, 1.165) is 5.57 Å². The first-order valence-electron chi connectivity index (χ1n) is 3.06. The smallest absolute Gasteiger partial charge is 0.197 e. The lowest BCUT2D eigenvalue weighted by atomic mass is 10.1. The number of hydrogen-bond donors (Lipinski definition) is 1. The van der Waals surface area contributed by atoms with Crippen molar-refractivity contribution in [1.29, 1.82) is 0 Å². The third kappa shape index (κ3) is 0.846. The van der Waals surface area contributed by atoms with Crippen molar-refractivity contribution in [1.82, 2.24) is 0 Å². The molecule has 0 heterocycles. The SMILES string of the molecule is CC1=C(O)C(=O)CC1C. The molecule has 1 N–H and O–H groups in total. The van der Waals surface area contributed by atoms with Gasteiger partial charge in [-0.05, 0) is 18.4 Å². The van der Waals surface area contributed by atoms with Gasteiger partial charge >= 0.3 is 0 Å². The number of ketones is 1. The number of carbonyl (C=O) groups is 1. The molecule has 0 bridgehead atoms. The Hall–Kier alpha value is -0.790. The summed E-state index contributed by atoms with van der Waals surface area (Å²) in [7, 11) is 0. The van der Waals surface area contributed by atoms with E-state index in [2.05, 4.69) is 0 Å². The van der Waals surface area contributed by atoms with E-state index in [1.54, 1.807) is 6.92 Å². The Morgan fingerprint density at radius 1 is 1.67 bits per heavy atom. The van der Waals surface area contributed by atoms with Crippen LogP contribution in [0.3, 0.4) is 0 Å². The summed E-state index contributed by atoms with van der Waals surface area (Å²) in [6.07, 6.45) is 0.484. The molecule has 1 aliphatic rings. The van der Waals surface area contributed by atoms with Crippen LogP contribution in [0.1, 0.15) is 20.3 Å². The van der Waals surface area contributed by atoms with E-state index < -0.39 is 0 Å². The predicted octanol–water partition coefficient (Wildman–Crippen LogP) is 1.43. The van der Waals surface area contributed by atoms with Crippen molar-refractivity contribution in [2.45, 2.75) is 20.3 Å². The van der Waals surface area contributed by atoms with E-state index >= 15 is 0 Å². The number of hydrogen-bond acceptors (Lipinski definition) is 2. The van der Waals surface area contributed by atoms with Gasteiger partial charge in [-0.15, -0.1) is 0 Å². The van der Waals surface area contributed by atoms with E-state index in [1.165, 1.54) is 0 Å². The molecular weight excluding hydrogens is 116 g/mol. The molecule has 1 rings (SSSR count). The average molecular weight is 126 g/mol. The van der Waals surface area contributed by atoms with Crippen molar-refractivity contribution in [2.24, 2.45) is 5.92 Å². The van der Waals surface area contributed by atoms with Crippen LogP contribution in [0.4, 0.5) is 0 Å². The zero-order valence-electron chi connectivity index (χ0n) is 5.64. The quantitative estimate of drug-likeness (QED) is 0.533. The maximum atomic E-state index is 10.7. The first-order valence-corrected chi connectivity index (χ1v) is 3.06. The normalized spacial score (nSPS) is 27.8. The highest BCUT2D eigenvalue weighted by Crippen LogP contribution is 2.26. The van der Waals surface area contributed by atoms with Crippen LogP contribution in [0.15, 0.2) is 11.3 Å². The summed E-state index contributed by atoms with van der Waals surface area (Å²) in [5.74, 6) is 0.125. The monoisotopic (exact) mass is 126 g/mol. The predicted molar refractivity (Wildman–Crippen MR) is 34.1 cm³/mol. The molecule has 0 spiro atoms. The van der Waals surface area contributed by atoms with Crippen molar-refractivity contribution in [2.75, 3.05) is 0 Å². The zero-order valence-corrected chi connectivity index (χ0v) is 5.64.